The molecule has 1 aromatic carbocycles. The molecule has 0 aliphatic rings. The van der Waals surface area contributed by atoms with Crippen LogP contribution in [-0.2, 0) is 20.7 Å². The number of nitrogens with zero attached hydrogens (tertiary/aromatic N) is 1. The molecule has 2 heterocycles. The van der Waals surface area contributed by atoms with Crippen molar-refractivity contribution in [2.45, 2.75) is 19.4 Å². The van der Waals surface area contributed by atoms with Gasteiger partial charge in [0, 0.05) is 5.39 Å². The number of thiophene rings is 1. The molecule has 0 spiro atoms. The monoisotopic (exact) mass is 373 g/mol. The largest absolute Gasteiger partial charge is 0.452 e. The number of amides is 2. The average Bonchev–Trinajstić information content (AvgIpc) is 3.22. The highest BCUT2D eigenvalue weighted by atomic mass is 32.1. The Bertz CT molecular complexity index is 978. The molecule has 2 aromatic heterocycles. The first kappa shape index (κ1) is 17.6. The number of nitrogens with one attached hydrogen (secondary N) is 1. The SMILES string of the molecule is CC(OC(=O)Cc1noc2ccccc12)C(=O)Nc1sccc1C(N)=O. The molecule has 0 bridgehead atoms. The Hall–Kier alpha value is -3.20. The molecule has 0 saturated carbocycles. The molecule has 0 fully saturated rings. The number of benzene rings is 1. The van der Waals surface area contributed by atoms with E-state index in [0.717, 1.165) is 11.3 Å². The molecule has 26 heavy (non-hydrogen) atoms. The van der Waals surface area contributed by atoms with Crippen LogP contribution in [0.4, 0.5) is 5.00 Å². The molecule has 0 radical (unpaired) electrons. The van der Waals surface area contributed by atoms with Crippen molar-refractivity contribution in [2.75, 3.05) is 5.32 Å². The van der Waals surface area contributed by atoms with Crippen molar-refractivity contribution in [3.8, 4) is 0 Å². The second kappa shape index (κ2) is 7.36. The second-order valence-corrected chi connectivity index (χ2v) is 6.37. The minimum absolute atomic E-state index is 0.125. The Morgan fingerprint density at radius 2 is 2.08 bits per heavy atom. The number of aromatic nitrogens is 1. The van der Waals surface area contributed by atoms with Gasteiger partial charge in [-0.25, -0.2) is 0 Å². The molecule has 3 aromatic rings. The lowest BCUT2D eigenvalue weighted by Gasteiger charge is -2.13. The van der Waals surface area contributed by atoms with Crippen molar-refractivity contribution in [1.82, 2.24) is 5.16 Å². The van der Waals surface area contributed by atoms with Crippen LogP contribution in [0, 0.1) is 0 Å². The predicted octanol–water partition coefficient (Wildman–Crippen LogP) is 2.10. The van der Waals surface area contributed by atoms with E-state index in [2.05, 4.69) is 10.5 Å². The van der Waals surface area contributed by atoms with Gasteiger partial charge in [0.15, 0.2) is 11.7 Å². The second-order valence-electron chi connectivity index (χ2n) is 5.45. The molecule has 8 nitrogen and oxygen atoms in total. The highest BCUT2D eigenvalue weighted by Crippen LogP contribution is 2.23. The molecule has 1 atom stereocenters. The third-order valence-electron chi connectivity index (χ3n) is 3.61. The van der Waals surface area contributed by atoms with Crippen molar-refractivity contribution in [1.29, 1.82) is 0 Å². The zero-order chi connectivity index (χ0) is 18.7. The van der Waals surface area contributed by atoms with Crippen LogP contribution in [0.3, 0.4) is 0 Å². The van der Waals surface area contributed by atoms with Gasteiger partial charge in [0.25, 0.3) is 11.8 Å². The lowest BCUT2D eigenvalue weighted by Crippen LogP contribution is -2.31. The number of esters is 1. The maximum absolute atomic E-state index is 12.2. The van der Waals surface area contributed by atoms with Crippen LogP contribution in [-0.4, -0.2) is 29.0 Å². The molecule has 9 heteroatoms. The summed E-state index contributed by atoms with van der Waals surface area (Å²) in [5.74, 6) is -1.83. The van der Waals surface area contributed by atoms with Gasteiger partial charge in [0.05, 0.1) is 12.0 Å². The van der Waals surface area contributed by atoms with Crippen LogP contribution in [0.2, 0.25) is 0 Å². The maximum atomic E-state index is 12.2. The number of rotatable bonds is 6. The van der Waals surface area contributed by atoms with E-state index < -0.39 is 23.9 Å². The zero-order valence-electron chi connectivity index (χ0n) is 13.7. The topological polar surface area (TPSA) is 125 Å². The minimum Gasteiger partial charge on any atom is -0.452 e. The number of anilines is 1. The van der Waals surface area contributed by atoms with Gasteiger partial charge in [0.2, 0.25) is 0 Å². The first-order chi connectivity index (χ1) is 12.5. The van der Waals surface area contributed by atoms with Crippen molar-refractivity contribution in [2.24, 2.45) is 5.73 Å². The van der Waals surface area contributed by atoms with Crippen molar-refractivity contribution < 1.29 is 23.6 Å². The van der Waals surface area contributed by atoms with Gasteiger partial charge in [-0.05, 0) is 30.5 Å². The number of nitrogens with two attached hydrogens (primary N) is 1. The first-order valence-corrected chi connectivity index (χ1v) is 8.54. The summed E-state index contributed by atoms with van der Waals surface area (Å²) in [6.07, 6.45) is -1.18. The van der Waals surface area contributed by atoms with E-state index in [1.54, 1.807) is 23.6 Å². The summed E-state index contributed by atoms with van der Waals surface area (Å²) >= 11 is 1.15. The van der Waals surface area contributed by atoms with E-state index in [4.69, 9.17) is 15.0 Å². The van der Waals surface area contributed by atoms with Crippen LogP contribution in [0.15, 0.2) is 40.2 Å². The lowest BCUT2D eigenvalue weighted by molar-refractivity contribution is -0.152. The lowest BCUT2D eigenvalue weighted by atomic mass is 10.2. The van der Waals surface area contributed by atoms with Crippen LogP contribution in [0.25, 0.3) is 11.0 Å². The molecule has 0 saturated heterocycles. The van der Waals surface area contributed by atoms with Gasteiger partial charge < -0.3 is 20.3 Å². The summed E-state index contributed by atoms with van der Waals surface area (Å²) in [5, 5.41) is 9.04. The van der Waals surface area contributed by atoms with Gasteiger partial charge in [-0.3, -0.25) is 14.4 Å². The number of carbonyl (C=O) groups excluding carboxylic acids is 3. The smallest absolute Gasteiger partial charge is 0.312 e. The molecule has 0 aliphatic carbocycles. The normalized spacial score (nSPS) is 11.9. The molecule has 134 valence electrons. The van der Waals surface area contributed by atoms with Crippen LogP contribution < -0.4 is 11.1 Å². The highest BCUT2D eigenvalue weighted by molar-refractivity contribution is 7.14. The molecule has 0 aliphatic heterocycles. The van der Waals surface area contributed by atoms with Crippen LogP contribution >= 0.6 is 11.3 Å². The number of ether oxygens (including phenoxy) is 1. The van der Waals surface area contributed by atoms with Crippen molar-refractivity contribution >= 4 is 45.1 Å². The number of primary amides is 1. The number of carbonyl (C=O) groups is 3. The Morgan fingerprint density at radius 1 is 1.31 bits per heavy atom. The van der Waals surface area contributed by atoms with Gasteiger partial charge in [-0.2, -0.15) is 0 Å². The van der Waals surface area contributed by atoms with E-state index in [9.17, 15) is 14.4 Å². The van der Waals surface area contributed by atoms with E-state index in [1.807, 2.05) is 6.07 Å². The summed E-state index contributed by atoms with van der Waals surface area (Å²) in [6.45, 7) is 1.44. The summed E-state index contributed by atoms with van der Waals surface area (Å²) in [5.41, 5.74) is 6.44. The molecule has 3 rings (SSSR count). The fourth-order valence-electron chi connectivity index (χ4n) is 2.31. The summed E-state index contributed by atoms with van der Waals surface area (Å²) in [7, 11) is 0. The summed E-state index contributed by atoms with van der Waals surface area (Å²) in [4.78, 5) is 35.5. The Morgan fingerprint density at radius 3 is 2.85 bits per heavy atom. The standard InChI is InChI=1S/C17H15N3O5S/c1-9(16(23)19-17-11(15(18)22)6-7-26-17)24-14(21)8-12-10-4-2-3-5-13(10)25-20-12/h2-7,9H,8H2,1H3,(H2,18,22)(H,19,23). The van der Waals surface area contributed by atoms with Gasteiger partial charge in [0.1, 0.15) is 10.7 Å². The fraction of sp³-hybridized carbons (Fsp3) is 0.176. The third-order valence-corrected chi connectivity index (χ3v) is 4.44. The van der Waals surface area contributed by atoms with Gasteiger partial charge in [-0.15, -0.1) is 11.3 Å². The number of hydrogen-bond acceptors (Lipinski definition) is 7. The molecular formula is C17H15N3O5S. The molecule has 2 amide bonds. The summed E-state index contributed by atoms with van der Waals surface area (Å²) < 4.78 is 10.3. The Kier molecular flexibility index (Phi) is 4.99. The summed E-state index contributed by atoms with van der Waals surface area (Å²) in [6, 6.07) is 8.64. The number of fused-ring (bicyclic) bond motifs is 1. The van der Waals surface area contributed by atoms with Crippen LogP contribution in [0.5, 0.6) is 0 Å². The van der Waals surface area contributed by atoms with E-state index in [1.165, 1.54) is 13.0 Å². The van der Waals surface area contributed by atoms with E-state index in [-0.39, 0.29) is 12.0 Å². The number of hydrogen-bond donors (Lipinski definition) is 2. The maximum Gasteiger partial charge on any atom is 0.312 e. The quantitative estimate of drug-likeness (QED) is 0.638. The van der Waals surface area contributed by atoms with E-state index in [0.29, 0.717) is 21.7 Å². The molecule has 1 unspecified atom stereocenters. The number of para-hydroxylation sites is 1. The predicted molar refractivity (Wildman–Crippen MR) is 94.7 cm³/mol. The van der Waals surface area contributed by atoms with Gasteiger partial charge in [-0.1, -0.05) is 17.3 Å². The zero-order valence-corrected chi connectivity index (χ0v) is 14.5. The molecular weight excluding hydrogens is 358 g/mol. The first-order valence-electron chi connectivity index (χ1n) is 7.66. The van der Waals surface area contributed by atoms with Gasteiger partial charge >= 0.3 is 5.97 Å². The Balaban J connectivity index is 1.61. The minimum atomic E-state index is -1.05. The highest BCUT2D eigenvalue weighted by Gasteiger charge is 2.22. The van der Waals surface area contributed by atoms with Crippen LogP contribution in [0.1, 0.15) is 23.0 Å². The van der Waals surface area contributed by atoms with Crippen molar-refractivity contribution in [3.05, 3.63) is 47.0 Å². The Labute approximate surface area is 151 Å². The average molecular weight is 373 g/mol. The van der Waals surface area contributed by atoms with E-state index >= 15 is 0 Å². The molecule has 3 N–H and O–H groups in total. The third kappa shape index (κ3) is 3.72. The fourth-order valence-corrected chi connectivity index (χ4v) is 3.10. The van der Waals surface area contributed by atoms with Crippen molar-refractivity contribution in [3.63, 3.8) is 0 Å².